The second-order valence-corrected chi connectivity index (χ2v) is 20.6. The summed E-state index contributed by atoms with van der Waals surface area (Å²) >= 11 is 0. The van der Waals surface area contributed by atoms with Gasteiger partial charge in [-0.2, -0.15) is 0 Å². The zero-order valence-corrected chi connectivity index (χ0v) is 26.7. The Labute approximate surface area is 234 Å². The van der Waals surface area contributed by atoms with Crippen molar-refractivity contribution in [3.8, 4) is 0 Å². The average Bonchev–Trinajstić information content (AvgIpc) is 2.98. The van der Waals surface area contributed by atoms with Crippen LogP contribution < -0.4 is 0 Å². The average molecular weight is 551 g/mol. The molecule has 2 aromatic rings. The van der Waals surface area contributed by atoms with Crippen LogP contribution in [0.1, 0.15) is 65.5 Å². The fourth-order valence-corrected chi connectivity index (χ4v) is 13.9. The Kier molecular flexibility index (Phi) is 13.9. The van der Waals surface area contributed by atoms with E-state index in [9.17, 15) is 4.79 Å². The van der Waals surface area contributed by atoms with Gasteiger partial charge in [-0.3, -0.25) is 0 Å². The first kappa shape index (κ1) is 31.8. The Hall–Kier alpha value is -2.38. The minimum atomic E-state index is -1.57. The van der Waals surface area contributed by atoms with E-state index in [0.29, 0.717) is 26.1 Å². The lowest BCUT2D eigenvalue weighted by molar-refractivity contribution is 0.0578. The summed E-state index contributed by atoms with van der Waals surface area (Å²) in [6.07, 6.45) is 5.51. The summed E-state index contributed by atoms with van der Waals surface area (Å²) < 4.78 is 10.9. The van der Waals surface area contributed by atoms with E-state index in [1.165, 1.54) is 57.8 Å². The summed E-state index contributed by atoms with van der Waals surface area (Å²) in [6, 6.07) is 28.8. The number of hydrogen-bond donors (Lipinski definition) is 0. The van der Waals surface area contributed by atoms with Crippen LogP contribution in [-0.4, -0.2) is 35.5 Å². The topological polar surface area (TPSA) is 35.5 Å². The van der Waals surface area contributed by atoms with Gasteiger partial charge in [0, 0.05) is 0 Å². The van der Waals surface area contributed by atoms with Crippen LogP contribution in [-0.2, 0) is 9.47 Å². The molecule has 0 radical (unpaired) electrons. The van der Waals surface area contributed by atoms with E-state index in [4.69, 9.17) is 9.47 Å². The van der Waals surface area contributed by atoms with Crippen LogP contribution in [0.2, 0.25) is 36.3 Å². The highest BCUT2D eigenvalue weighted by atomic mass is 28.3. The van der Waals surface area contributed by atoms with E-state index >= 15 is 0 Å². The van der Waals surface area contributed by atoms with Gasteiger partial charge in [-0.1, -0.05) is 161 Å². The molecule has 0 aliphatic rings. The lowest BCUT2D eigenvalue weighted by Crippen LogP contribution is -2.33. The maximum atomic E-state index is 12.3. The van der Waals surface area contributed by atoms with Crippen molar-refractivity contribution in [1.82, 2.24) is 0 Å². The molecular formula is C33H50O3Si2. The number of benzene rings is 2. The zero-order valence-electron chi connectivity index (χ0n) is 24.7. The van der Waals surface area contributed by atoms with E-state index in [1.54, 1.807) is 0 Å². The molecule has 0 saturated carbocycles. The van der Waals surface area contributed by atoms with Crippen LogP contribution in [0.3, 0.4) is 0 Å². The summed E-state index contributed by atoms with van der Waals surface area (Å²) in [4.78, 5) is 12.3. The standard InChI is InChI=1S/C33H50O3Si2/c1-7-37(8-2,9-3)31(29-21-15-13-16-22-29)25-19-27-35-33(34)36-28-20-26-32(30-23-17-14-18-24-30)38(10-4,11-5)12-6/h13-18,21-26H,7-12,19-20,27-28H2,1-6H3/b31-25-,32-26-. The second kappa shape index (κ2) is 16.6. The fourth-order valence-electron chi connectivity index (χ4n) is 5.89. The normalized spacial score (nSPS) is 12.9. The van der Waals surface area contributed by atoms with Gasteiger partial charge in [-0.15, -0.1) is 0 Å². The third-order valence-corrected chi connectivity index (χ3v) is 20.1. The molecule has 0 fully saturated rings. The number of ether oxygens (including phenoxy) is 2. The molecule has 38 heavy (non-hydrogen) atoms. The smallest absolute Gasteiger partial charge is 0.434 e. The third-order valence-electron chi connectivity index (χ3n) is 8.75. The largest absolute Gasteiger partial charge is 0.508 e. The Morgan fingerprint density at radius 1 is 0.579 bits per heavy atom. The molecule has 2 aromatic carbocycles. The minimum Gasteiger partial charge on any atom is -0.434 e. The van der Waals surface area contributed by atoms with Crippen molar-refractivity contribution in [2.45, 2.75) is 90.6 Å². The van der Waals surface area contributed by atoms with Crippen molar-refractivity contribution in [3.05, 3.63) is 83.9 Å². The molecule has 0 N–H and O–H groups in total. The molecule has 0 aliphatic carbocycles. The molecule has 0 atom stereocenters. The highest BCUT2D eigenvalue weighted by Gasteiger charge is 2.33. The van der Waals surface area contributed by atoms with Crippen LogP contribution >= 0.6 is 0 Å². The first-order chi connectivity index (χ1) is 18.5. The van der Waals surface area contributed by atoms with Gasteiger partial charge >= 0.3 is 6.16 Å². The first-order valence-electron chi connectivity index (χ1n) is 14.8. The van der Waals surface area contributed by atoms with Crippen LogP contribution in [0.15, 0.2) is 72.8 Å². The summed E-state index contributed by atoms with van der Waals surface area (Å²) in [5.74, 6) is 0. The van der Waals surface area contributed by atoms with Gasteiger partial charge < -0.3 is 9.47 Å². The van der Waals surface area contributed by atoms with Gasteiger partial charge in [0.05, 0.1) is 29.4 Å². The van der Waals surface area contributed by atoms with Crippen molar-refractivity contribution in [2.24, 2.45) is 0 Å². The van der Waals surface area contributed by atoms with E-state index in [-0.39, 0.29) is 0 Å². The monoisotopic (exact) mass is 550 g/mol. The quantitative estimate of drug-likeness (QED) is 0.118. The van der Waals surface area contributed by atoms with E-state index in [0.717, 1.165) is 0 Å². The molecule has 0 heterocycles. The molecule has 2 rings (SSSR count). The van der Waals surface area contributed by atoms with Gasteiger partial charge in [-0.25, -0.2) is 4.79 Å². The Morgan fingerprint density at radius 3 is 1.18 bits per heavy atom. The molecule has 0 amide bonds. The van der Waals surface area contributed by atoms with Crippen molar-refractivity contribution in [1.29, 1.82) is 0 Å². The van der Waals surface area contributed by atoms with Crippen LogP contribution in [0.5, 0.6) is 0 Å². The highest BCUT2D eigenvalue weighted by molar-refractivity contribution is 6.97. The molecule has 5 heteroatoms. The van der Waals surface area contributed by atoms with Gasteiger partial charge in [0.1, 0.15) is 0 Å². The predicted molar refractivity (Wildman–Crippen MR) is 170 cm³/mol. The lowest BCUT2D eigenvalue weighted by Gasteiger charge is -2.32. The third kappa shape index (κ3) is 8.31. The SMILES string of the molecule is CC[Si](CC)(CC)/C(=C\CCOC(=O)OCC/C=C(/c1ccccc1)[Si](CC)(CC)CC)c1ccccc1. The van der Waals surface area contributed by atoms with Gasteiger partial charge in [-0.05, 0) is 24.0 Å². The molecule has 0 spiro atoms. The summed E-state index contributed by atoms with van der Waals surface area (Å²) in [7, 11) is -3.14. The van der Waals surface area contributed by atoms with Crippen molar-refractivity contribution in [2.75, 3.05) is 13.2 Å². The number of rotatable bonds is 16. The maximum Gasteiger partial charge on any atom is 0.508 e. The summed E-state index contributed by atoms with van der Waals surface area (Å²) in [5.41, 5.74) is 2.64. The molecule has 0 aliphatic heterocycles. The minimum absolute atomic E-state index is 0.347. The molecule has 0 aromatic heterocycles. The highest BCUT2D eigenvalue weighted by Crippen LogP contribution is 2.36. The van der Waals surface area contributed by atoms with Gasteiger partial charge in [0.15, 0.2) is 0 Å². The Balaban J connectivity index is 1.99. The molecule has 0 saturated heterocycles. The first-order valence-corrected chi connectivity index (χ1v) is 20.0. The summed E-state index contributed by atoms with van der Waals surface area (Å²) in [6.45, 7) is 14.7. The Morgan fingerprint density at radius 2 is 0.895 bits per heavy atom. The van der Waals surface area contributed by atoms with Crippen molar-refractivity contribution in [3.63, 3.8) is 0 Å². The predicted octanol–water partition coefficient (Wildman–Crippen LogP) is 10.2. The van der Waals surface area contributed by atoms with Gasteiger partial charge in [0.2, 0.25) is 0 Å². The molecule has 208 valence electrons. The number of carbonyl (C=O) groups excluding carboxylic acids is 1. The fraction of sp³-hybridized carbons (Fsp3) is 0.485. The van der Waals surface area contributed by atoms with Crippen LogP contribution in [0.25, 0.3) is 10.4 Å². The van der Waals surface area contributed by atoms with Gasteiger partial charge in [0.25, 0.3) is 0 Å². The van der Waals surface area contributed by atoms with Crippen molar-refractivity contribution < 1.29 is 14.3 Å². The van der Waals surface area contributed by atoms with E-state index in [1.807, 2.05) is 0 Å². The molecule has 3 nitrogen and oxygen atoms in total. The van der Waals surface area contributed by atoms with Crippen molar-refractivity contribution >= 4 is 32.7 Å². The zero-order chi connectivity index (χ0) is 27.9. The maximum absolute atomic E-state index is 12.3. The molecular weight excluding hydrogens is 501 g/mol. The van der Waals surface area contributed by atoms with E-state index < -0.39 is 22.3 Å². The Bertz CT molecular complexity index is 909. The molecule has 0 bridgehead atoms. The summed E-state index contributed by atoms with van der Waals surface area (Å²) in [5, 5.41) is 2.99. The molecule has 0 unspecified atom stereocenters. The van der Waals surface area contributed by atoms with E-state index in [2.05, 4.69) is 114 Å². The van der Waals surface area contributed by atoms with Crippen LogP contribution in [0, 0.1) is 0 Å². The second-order valence-electron chi connectivity index (χ2n) is 10.2. The lowest BCUT2D eigenvalue weighted by atomic mass is 10.2. The van der Waals surface area contributed by atoms with Crippen LogP contribution in [0.4, 0.5) is 4.79 Å². The number of hydrogen-bond acceptors (Lipinski definition) is 3. The number of carbonyl (C=O) groups is 1.